The van der Waals surface area contributed by atoms with Crippen molar-refractivity contribution >= 4 is 11.9 Å². The van der Waals surface area contributed by atoms with Gasteiger partial charge in [0.1, 0.15) is 0 Å². The van der Waals surface area contributed by atoms with Crippen LogP contribution >= 0.6 is 0 Å². The Hall–Kier alpha value is -2.80. The number of carbonyl (C=O) groups is 1. The molecular formula is C11H5F3N4O2. The van der Waals surface area contributed by atoms with E-state index in [1.165, 1.54) is 24.3 Å². The minimum absolute atomic E-state index is 0.160. The fourth-order valence-electron chi connectivity index (χ4n) is 1.33. The zero-order chi connectivity index (χ0) is 14.8. The van der Waals surface area contributed by atoms with E-state index in [4.69, 9.17) is 5.41 Å². The fourth-order valence-corrected chi connectivity index (χ4v) is 1.33. The summed E-state index contributed by atoms with van der Waals surface area (Å²) in [4.78, 5) is 17.6. The molecule has 9 heteroatoms. The Kier molecular flexibility index (Phi) is 3.45. The van der Waals surface area contributed by atoms with Crippen LogP contribution in [0.5, 0.6) is 0 Å². The third-order valence-electron chi connectivity index (χ3n) is 2.22. The number of nitrogens with one attached hydrogen (secondary N) is 1. The number of aromatic nitrogens is 2. The van der Waals surface area contributed by atoms with E-state index in [2.05, 4.69) is 19.7 Å². The van der Waals surface area contributed by atoms with Crippen molar-refractivity contribution in [2.75, 3.05) is 0 Å². The summed E-state index contributed by atoms with van der Waals surface area (Å²) in [6.07, 6.45) is -4.71. The molecule has 6 nitrogen and oxygen atoms in total. The highest BCUT2D eigenvalue weighted by molar-refractivity contribution is 5.97. The Bertz CT molecular complexity index is 684. The Morgan fingerprint density at radius 3 is 2.45 bits per heavy atom. The van der Waals surface area contributed by atoms with E-state index in [1.54, 1.807) is 6.01 Å². The third-order valence-corrected chi connectivity index (χ3v) is 2.22. The molecule has 0 radical (unpaired) electrons. The molecule has 0 unspecified atom stereocenters. The number of halogens is 3. The molecule has 0 atom stereocenters. The highest BCUT2D eigenvalue weighted by atomic mass is 19.4. The maximum absolute atomic E-state index is 12.3. The van der Waals surface area contributed by atoms with Crippen LogP contribution in [0.2, 0.25) is 0 Å². The van der Waals surface area contributed by atoms with Crippen LogP contribution < -0.4 is 0 Å². The van der Waals surface area contributed by atoms with Crippen molar-refractivity contribution in [3.05, 3.63) is 35.7 Å². The second kappa shape index (κ2) is 5.06. The predicted octanol–water partition coefficient (Wildman–Crippen LogP) is 2.65. The van der Waals surface area contributed by atoms with Gasteiger partial charge in [0.15, 0.2) is 0 Å². The van der Waals surface area contributed by atoms with E-state index in [0.717, 1.165) is 0 Å². The van der Waals surface area contributed by atoms with Gasteiger partial charge >= 0.3 is 12.1 Å². The van der Waals surface area contributed by atoms with Gasteiger partial charge in [-0.1, -0.05) is 17.3 Å². The fraction of sp³-hybridized carbons (Fsp3) is 0.0909. The first-order valence-corrected chi connectivity index (χ1v) is 5.10. The lowest BCUT2D eigenvalue weighted by Crippen LogP contribution is -2.04. The first-order chi connectivity index (χ1) is 9.41. The molecular weight excluding hydrogens is 277 g/mol. The molecule has 0 bridgehead atoms. The van der Waals surface area contributed by atoms with Gasteiger partial charge in [0.2, 0.25) is 5.82 Å². The topological polar surface area (TPSA) is 92.2 Å². The highest BCUT2D eigenvalue weighted by Gasteiger charge is 2.38. The van der Waals surface area contributed by atoms with Crippen molar-refractivity contribution in [3.8, 4) is 11.4 Å². The van der Waals surface area contributed by atoms with Crippen LogP contribution in [0.25, 0.3) is 11.4 Å². The van der Waals surface area contributed by atoms with Gasteiger partial charge in [-0.15, -0.1) is 4.99 Å². The SMILES string of the molecule is N=C=NC(=O)c1ccc(-c2noc(C(F)(F)F)n2)cc1. The maximum Gasteiger partial charge on any atom is 0.471 e. The zero-order valence-electron chi connectivity index (χ0n) is 9.60. The van der Waals surface area contributed by atoms with Gasteiger partial charge in [-0.2, -0.15) is 18.2 Å². The van der Waals surface area contributed by atoms with Gasteiger partial charge in [0.05, 0.1) is 6.01 Å². The summed E-state index contributed by atoms with van der Waals surface area (Å²) in [6.45, 7) is 0. The van der Waals surface area contributed by atoms with Crippen LogP contribution in [-0.4, -0.2) is 22.1 Å². The van der Waals surface area contributed by atoms with E-state index in [-0.39, 0.29) is 17.0 Å². The molecule has 20 heavy (non-hydrogen) atoms. The molecule has 1 aromatic heterocycles. The standard InChI is InChI=1S/C11H5F3N4O2/c12-11(13,14)10-17-8(18-20-10)6-1-3-7(4-2-6)9(19)16-5-15/h1-4,15H. The van der Waals surface area contributed by atoms with E-state index >= 15 is 0 Å². The molecule has 2 rings (SSSR count). The number of nitrogens with zero attached hydrogens (tertiary/aromatic N) is 3. The average molecular weight is 282 g/mol. The molecule has 0 aliphatic heterocycles. The Morgan fingerprint density at radius 2 is 1.95 bits per heavy atom. The van der Waals surface area contributed by atoms with E-state index in [9.17, 15) is 18.0 Å². The highest BCUT2D eigenvalue weighted by Crippen LogP contribution is 2.29. The lowest BCUT2D eigenvalue weighted by molar-refractivity contribution is -0.159. The van der Waals surface area contributed by atoms with Crippen LogP contribution in [-0.2, 0) is 6.18 Å². The van der Waals surface area contributed by atoms with E-state index < -0.39 is 18.0 Å². The van der Waals surface area contributed by atoms with Crippen molar-refractivity contribution < 1.29 is 22.5 Å². The van der Waals surface area contributed by atoms with Gasteiger partial charge in [0, 0.05) is 11.1 Å². The Labute approximate surface area is 109 Å². The largest absolute Gasteiger partial charge is 0.471 e. The van der Waals surface area contributed by atoms with Crippen LogP contribution in [0.3, 0.4) is 0 Å². The van der Waals surface area contributed by atoms with Gasteiger partial charge in [-0.05, 0) is 12.1 Å². The molecule has 1 N–H and O–H groups in total. The summed E-state index contributed by atoms with van der Waals surface area (Å²) in [5.74, 6) is -2.37. The normalized spacial score (nSPS) is 10.9. The summed E-state index contributed by atoms with van der Waals surface area (Å²) in [6, 6.07) is 6.93. The predicted molar refractivity (Wildman–Crippen MR) is 59.2 cm³/mol. The quantitative estimate of drug-likeness (QED) is 0.857. The van der Waals surface area contributed by atoms with Crippen LogP contribution in [0.1, 0.15) is 16.2 Å². The molecule has 1 aromatic carbocycles. The molecule has 1 heterocycles. The number of hydrogen-bond acceptors (Lipinski definition) is 5. The summed E-state index contributed by atoms with van der Waals surface area (Å²) < 4.78 is 41.0. The molecule has 0 spiro atoms. The van der Waals surface area contributed by atoms with E-state index in [0.29, 0.717) is 0 Å². The maximum atomic E-state index is 12.3. The first kappa shape index (κ1) is 13.6. The zero-order valence-corrected chi connectivity index (χ0v) is 9.60. The monoisotopic (exact) mass is 282 g/mol. The van der Waals surface area contributed by atoms with Crippen molar-refractivity contribution in [1.82, 2.24) is 10.1 Å². The molecule has 0 saturated heterocycles. The lowest BCUT2D eigenvalue weighted by atomic mass is 10.1. The minimum atomic E-state index is -4.71. The number of hydrogen-bond donors (Lipinski definition) is 1. The lowest BCUT2D eigenvalue weighted by Gasteiger charge is -1.97. The van der Waals surface area contributed by atoms with Gasteiger partial charge in [-0.3, -0.25) is 4.79 Å². The van der Waals surface area contributed by atoms with E-state index in [1.807, 2.05) is 0 Å². The summed E-state index contributed by atoms with van der Waals surface area (Å²) in [7, 11) is 0. The number of rotatable bonds is 2. The van der Waals surface area contributed by atoms with Crippen molar-refractivity contribution in [2.45, 2.75) is 6.18 Å². The average Bonchev–Trinajstić information content (AvgIpc) is 2.89. The van der Waals surface area contributed by atoms with Gasteiger partial charge in [0.25, 0.3) is 5.91 Å². The molecule has 0 aliphatic carbocycles. The van der Waals surface area contributed by atoms with Crippen molar-refractivity contribution in [1.29, 1.82) is 5.41 Å². The minimum Gasteiger partial charge on any atom is -0.329 e. The number of amides is 1. The molecule has 2 aromatic rings. The molecule has 0 fully saturated rings. The number of aliphatic imine (C=N–C) groups is 1. The summed E-state index contributed by atoms with van der Waals surface area (Å²) in [5, 5.41) is 9.75. The number of alkyl halides is 3. The van der Waals surface area contributed by atoms with Crippen LogP contribution in [0, 0.1) is 5.41 Å². The van der Waals surface area contributed by atoms with Crippen molar-refractivity contribution in [3.63, 3.8) is 0 Å². The van der Waals surface area contributed by atoms with Gasteiger partial charge in [-0.25, -0.2) is 5.41 Å². The van der Waals surface area contributed by atoms with Gasteiger partial charge < -0.3 is 4.52 Å². The van der Waals surface area contributed by atoms with Crippen LogP contribution in [0.4, 0.5) is 13.2 Å². The molecule has 1 amide bonds. The summed E-state index contributed by atoms with van der Waals surface area (Å²) in [5.41, 5.74) is 0.410. The summed E-state index contributed by atoms with van der Waals surface area (Å²) >= 11 is 0. The molecule has 102 valence electrons. The second-order valence-corrected chi connectivity index (χ2v) is 3.53. The molecule has 0 aliphatic rings. The number of benzene rings is 1. The first-order valence-electron chi connectivity index (χ1n) is 5.10. The molecule has 0 saturated carbocycles. The smallest absolute Gasteiger partial charge is 0.329 e. The van der Waals surface area contributed by atoms with Crippen LogP contribution in [0.15, 0.2) is 33.8 Å². The Balaban J connectivity index is 2.28. The third kappa shape index (κ3) is 2.78. The van der Waals surface area contributed by atoms with Crippen molar-refractivity contribution in [2.24, 2.45) is 4.99 Å². The number of carbonyl (C=O) groups excluding carboxylic acids is 1. The second-order valence-electron chi connectivity index (χ2n) is 3.53. The Morgan fingerprint density at radius 1 is 1.30 bits per heavy atom.